The second-order valence-corrected chi connectivity index (χ2v) is 4.84. The fraction of sp³-hybridized carbons (Fsp3) is 0.750. The minimum Gasteiger partial charge on any atom is -0.501 e. The van der Waals surface area contributed by atoms with Gasteiger partial charge in [-0.05, 0) is 25.7 Å². The Bertz CT molecular complexity index is 407. The predicted molar refractivity (Wildman–Crippen MR) is 104 cm³/mol. The Morgan fingerprint density at radius 3 is 1.15 bits per heavy atom. The average Bonchev–Trinajstić information content (AvgIpc) is 2.61. The van der Waals surface area contributed by atoms with Gasteiger partial charge in [-0.3, -0.25) is 10.8 Å². The minimum absolute atomic E-state index is 0. The zero-order valence-corrected chi connectivity index (χ0v) is 17.4. The second-order valence-electron chi connectivity index (χ2n) is 4.84. The minimum atomic E-state index is -0.261. The number of nitrogens with zero attached hydrogens (tertiary/aromatic N) is 2. The van der Waals surface area contributed by atoms with Crippen LogP contribution in [0.3, 0.4) is 0 Å². The predicted octanol–water partition coefficient (Wildman–Crippen LogP) is 4.36. The van der Waals surface area contributed by atoms with Crippen molar-refractivity contribution in [2.45, 2.75) is 53.4 Å². The number of rotatable bonds is 8. The molecule has 0 unspecified atom stereocenters. The van der Waals surface area contributed by atoms with Crippen LogP contribution in [0.2, 0.25) is 0 Å². The monoisotopic (exact) mass is 435 g/mol. The molecule has 0 amide bonds. The van der Waals surface area contributed by atoms with Crippen LogP contribution in [-0.4, -0.2) is 50.5 Å². The van der Waals surface area contributed by atoms with E-state index in [4.69, 9.17) is 41.2 Å². The van der Waals surface area contributed by atoms with Crippen molar-refractivity contribution in [3.63, 3.8) is 0 Å². The number of hydrogen-bond acceptors (Lipinski definition) is 6. The zero-order valence-electron chi connectivity index (χ0n) is 16.5. The maximum Gasteiger partial charge on any atom is 2.00 e. The van der Waals surface area contributed by atoms with Crippen molar-refractivity contribution in [2.24, 2.45) is 9.98 Å². The summed E-state index contributed by atoms with van der Waals surface area (Å²) in [6, 6.07) is -1.04. The summed E-state index contributed by atoms with van der Waals surface area (Å²) in [6.45, 7) is 9.54. The Balaban J connectivity index is -0.000000411. The van der Waals surface area contributed by atoms with Gasteiger partial charge >= 0.3 is 17.1 Å². The molecule has 0 saturated carbocycles. The Labute approximate surface area is 172 Å². The van der Waals surface area contributed by atoms with Crippen molar-refractivity contribution < 1.29 is 36.0 Å². The fourth-order valence-corrected chi connectivity index (χ4v) is 1.11. The first-order chi connectivity index (χ1) is 12.4. The Morgan fingerprint density at radius 2 is 0.889 bits per heavy atom. The van der Waals surface area contributed by atoms with Crippen molar-refractivity contribution in [3.8, 4) is 0 Å². The summed E-state index contributed by atoms with van der Waals surface area (Å²) in [6.07, 6.45) is 3.28. The molecule has 0 atom stereocenters. The van der Waals surface area contributed by atoms with Gasteiger partial charge in [0.1, 0.15) is 0 Å². The molecule has 1 radical (unpaired) electrons. The number of hydrogen-bond donors (Lipinski definition) is 2. The van der Waals surface area contributed by atoms with E-state index in [9.17, 15) is 0 Å². The van der Waals surface area contributed by atoms with Crippen LogP contribution in [0.1, 0.15) is 53.4 Å². The van der Waals surface area contributed by atoms with Gasteiger partial charge < -0.3 is 40.4 Å². The maximum atomic E-state index is 7.15. The van der Waals surface area contributed by atoms with E-state index in [0.717, 1.165) is 25.7 Å². The van der Waals surface area contributed by atoms with Gasteiger partial charge in [-0.1, -0.05) is 27.7 Å². The third-order valence-corrected chi connectivity index (χ3v) is 2.18. The molecule has 0 aromatic rings. The third-order valence-electron chi connectivity index (χ3n) is 2.18. The van der Waals surface area contributed by atoms with Crippen molar-refractivity contribution in [1.82, 2.24) is 0 Å². The topological polar surface area (TPSA) is 157 Å². The number of amidine groups is 4. The van der Waals surface area contributed by atoms with Crippen LogP contribution in [0.5, 0.6) is 0 Å². The molecule has 0 aromatic heterocycles. The average molecular weight is 436 g/mol. The summed E-state index contributed by atoms with van der Waals surface area (Å²) in [4.78, 5) is 6.95. The molecule has 0 spiro atoms. The van der Waals surface area contributed by atoms with Gasteiger partial charge in [0.2, 0.25) is 12.0 Å². The van der Waals surface area contributed by atoms with Gasteiger partial charge in [-0.25, -0.2) is 0 Å². The first kappa shape index (κ1) is 29.8. The molecular weight excluding hydrogens is 404 g/mol. The van der Waals surface area contributed by atoms with Crippen molar-refractivity contribution in [3.05, 3.63) is 11.5 Å². The standard InChI is InChI=1S/2C8H16N3O2.Cu/c2*1-3-5-12-7(9)11-8(10)13-6-4-2;/h2*3-6H2,1-2H3,(H2-,9,10,11);/q2*-1;+2. The van der Waals surface area contributed by atoms with E-state index < -0.39 is 0 Å². The van der Waals surface area contributed by atoms with E-state index in [0.29, 0.717) is 26.4 Å². The SMILES string of the molecule is CCCOC(=N)/N=C(\[NH-])OCCC.CCCOC(=N)/N=C(\[NH-])OCCC.[Cu+2]. The summed E-state index contributed by atoms with van der Waals surface area (Å²) in [5, 5.41) is 14.3. The van der Waals surface area contributed by atoms with Gasteiger partial charge in [-0.15, -0.1) is 0 Å². The van der Waals surface area contributed by atoms with Gasteiger partial charge in [0, 0.05) is 0 Å². The molecule has 0 saturated heterocycles. The van der Waals surface area contributed by atoms with E-state index in [1.807, 2.05) is 27.7 Å². The molecule has 0 aliphatic heterocycles. The first-order valence-corrected chi connectivity index (χ1v) is 8.69. The van der Waals surface area contributed by atoms with Gasteiger partial charge in [0.15, 0.2) is 0 Å². The van der Waals surface area contributed by atoms with Crippen LogP contribution in [0, 0.1) is 10.8 Å². The number of ether oxygens (including phenoxy) is 4. The van der Waals surface area contributed by atoms with Crippen LogP contribution >= 0.6 is 0 Å². The summed E-state index contributed by atoms with van der Waals surface area (Å²) < 4.78 is 19.4. The van der Waals surface area contributed by atoms with E-state index in [1.54, 1.807) is 0 Å². The van der Waals surface area contributed by atoms with Gasteiger partial charge in [0.05, 0.1) is 38.5 Å². The molecule has 161 valence electrons. The largest absolute Gasteiger partial charge is 2.00 e. The summed E-state index contributed by atoms with van der Waals surface area (Å²) in [7, 11) is 0. The molecule has 10 nitrogen and oxygen atoms in total. The zero-order chi connectivity index (χ0) is 20.2. The van der Waals surface area contributed by atoms with E-state index in [-0.39, 0.29) is 41.2 Å². The number of nitrogens with one attached hydrogen (secondary N) is 4. The van der Waals surface area contributed by atoms with Gasteiger partial charge in [0.25, 0.3) is 0 Å². The molecule has 0 bridgehead atoms. The molecule has 0 fully saturated rings. The second kappa shape index (κ2) is 22.0. The van der Waals surface area contributed by atoms with Crippen molar-refractivity contribution in [1.29, 1.82) is 10.8 Å². The summed E-state index contributed by atoms with van der Waals surface area (Å²) in [5.74, 6) is 0. The Morgan fingerprint density at radius 1 is 0.630 bits per heavy atom. The van der Waals surface area contributed by atoms with Crippen molar-refractivity contribution >= 4 is 24.1 Å². The van der Waals surface area contributed by atoms with Crippen LogP contribution in [-0.2, 0) is 36.0 Å². The number of aliphatic imine (C=N–C) groups is 2. The molecule has 27 heavy (non-hydrogen) atoms. The Kier molecular flexibility index (Phi) is 24.3. The fourth-order valence-electron chi connectivity index (χ4n) is 1.11. The molecular formula is C16H32CuN6O4. The molecule has 11 heteroatoms. The first-order valence-electron chi connectivity index (χ1n) is 8.69. The Hall–Kier alpha value is -2.00. The van der Waals surface area contributed by atoms with E-state index in [1.165, 1.54) is 0 Å². The molecule has 0 aliphatic carbocycles. The van der Waals surface area contributed by atoms with E-state index in [2.05, 4.69) is 9.98 Å². The van der Waals surface area contributed by atoms with Crippen molar-refractivity contribution in [2.75, 3.05) is 26.4 Å². The van der Waals surface area contributed by atoms with E-state index >= 15 is 0 Å². The molecule has 0 heterocycles. The van der Waals surface area contributed by atoms with Crippen LogP contribution in [0.4, 0.5) is 0 Å². The quantitative estimate of drug-likeness (QED) is 0.329. The smallest absolute Gasteiger partial charge is 0.501 e. The molecule has 0 aliphatic rings. The third kappa shape index (κ3) is 24.0. The molecule has 4 N–H and O–H groups in total. The molecule has 0 rings (SSSR count). The maximum absolute atomic E-state index is 7.15. The molecule has 0 aromatic carbocycles. The van der Waals surface area contributed by atoms with Gasteiger partial charge in [-0.2, -0.15) is 0 Å². The van der Waals surface area contributed by atoms with Crippen LogP contribution < -0.4 is 0 Å². The van der Waals surface area contributed by atoms with Crippen LogP contribution in [0.25, 0.3) is 11.5 Å². The normalized spacial score (nSPS) is 10.7. The summed E-state index contributed by atoms with van der Waals surface area (Å²) >= 11 is 0. The summed E-state index contributed by atoms with van der Waals surface area (Å²) in [5.41, 5.74) is 14.3. The van der Waals surface area contributed by atoms with Crippen LogP contribution in [0.15, 0.2) is 9.98 Å².